The summed E-state index contributed by atoms with van der Waals surface area (Å²) in [5.41, 5.74) is 5.23. The van der Waals surface area contributed by atoms with Crippen LogP contribution >= 0.6 is 35.2 Å². The van der Waals surface area contributed by atoms with Crippen molar-refractivity contribution in [2.75, 3.05) is 6.54 Å². The zero-order valence-electron chi connectivity index (χ0n) is 7.96. The number of amides is 1. The van der Waals surface area contributed by atoms with E-state index in [-0.39, 0.29) is 17.3 Å². The Bertz CT molecular complexity index is 365. The molecule has 0 saturated heterocycles. The van der Waals surface area contributed by atoms with Gasteiger partial charge in [-0.15, -0.1) is 11.3 Å². The molecule has 1 heterocycles. The van der Waals surface area contributed by atoms with Crippen LogP contribution in [0.3, 0.4) is 0 Å². The van der Waals surface area contributed by atoms with Crippen molar-refractivity contribution >= 4 is 46.1 Å². The van der Waals surface area contributed by atoms with E-state index < -0.39 is 0 Å². The molecule has 0 radical (unpaired) electrons. The zero-order chi connectivity index (χ0) is 11.3. The molecule has 0 spiro atoms. The number of carbonyl (C=O) groups is 1. The van der Waals surface area contributed by atoms with Gasteiger partial charge < -0.3 is 11.1 Å². The third-order valence-corrected chi connectivity index (χ3v) is 3.09. The number of thiocarbonyl (C=S) groups is 1. The van der Waals surface area contributed by atoms with Crippen molar-refractivity contribution in [2.24, 2.45) is 5.73 Å². The maximum atomic E-state index is 11.1. The Labute approximate surface area is 103 Å². The van der Waals surface area contributed by atoms with Gasteiger partial charge in [-0.3, -0.25) is 4.79 Å². The van der Waals surface area contributed by atoms with Gasteiger partial charge in [0.15, 0.2) is 0 Å². The summed E-state index contributed by atoms with van der Waals surface area (Å²) < 4.78 is 0.763. The second-order valence-corrected chi connectivity index (χ2v) is 5.27. The van der Waals surface area contributed by atoms with E-state index in [2.05, 4.69) is 17.5 Å². The van der Waals surface area contributed by atoms with Crippen molar-refractivity contribution in [3.8, 4) is 0 Å². The smallest absolute Gasteiger partial charge is 0.226 e. The van der Waals surface area contributed by atoms with Crippen LogP contribution in [-0.4, -0.2) is 17.4 Å². The van der Waals surface area contributed by atoms with Gasteiger partial charge in [0.05, 0.1) is 15.7 Å². The second kappa shape index (κ2) is 6.05. The van der Waals surface area contributed by atoms with Crippen molar-refractivity contribution in [3.05, 3.63) is 21.3 Å². The van der Waals surface area contributed by atoms with Crippen LogP contribution < -0.4 is 11.1 Å². The molecule has 0 bridgehead atoms. The fourth-order valence-corrected chi connectivity index (χ4v) is 2.25. The third-order valence-electron chi connectivity index (χ3n) is 1.66. The van der Waals surface area contributed by atoms with Gasteiger partial charge in [-0.2, -0.15) is 0 Å². The molecule has 1 aromatic rings. The Morgan fingerprint density at radius 2 is 2.33 bits per heavy atom. The number of nitrogens with two attached hydrogens (primary N) is 1. The fraction of sp³-hybridized carbons (Fsp3) is 0.333. The van der Waals surface area contributed by atoms with E-state index in [0.717, 1.165) is 15.6 Å². The Hall–Kier alpha value is -0.650. The van der Waals surface area contributed by atoms with Gasteiger partial charge in [-0.05, 0) is 18.6 Å². The highest BCUT2D eigenvalue weighted by molar-refractivity contribution is 7.80. The van der Waals surface area contributed by atoms with Gasteiger partial charge in [0, 0.05) is 11.4 Å². The number of nitrogens with one attached hydrogen (secondary N) is 1. The highest BCUT2D eigenvalue weighted by atomic mass is 35.5. The summed E-state index contributed by atoms with van der Waals surface area (Å²) in [6.45, 7) is 0.582. The number of hydrogen-bond acceptors (Lipinski definition) is 3. The third kappa shape index (κ3) is 5.11. The lowest BCUT2D eigenvalue weighted by Crippen LogP contribution is -2.29. The highest BCUT2D eigenvalue weighted by Gasteiger charge is 2.03. The first-order chi connectivity index (χ1) is 7.08. The largest absolute Gasteiger partial charge is 0.393 e. The van der Waals surface area contributed by atoms with Gasteiger partial charge in [-0.1, -0.05) is 23.8 Å². The molecule has 0 unspecified atom stereocenters. The van der Waals surface area contributed by atoms with Crippen LogP contribution in [0.15, 0.2) is 12.1 Å². The lowest BCUT2D eigenvalue weighted by atomic mass is 10.3. The summed E-state index contributed by atoms with van der Waals surface area (Å²) >= 11 is 11.9. The number of hydrogen-bond donors (Lipinski definition) is 2. The molecule has 0 aliphatic heterocycles. The zero-order valence-corrected chi connectivity index (χ0v) is 10.3. The summed E-state index contributed by atoms with van der Waals surface area (Å²) in [6.07, 6.45) is 0.890. The Kier molecular flexibility index (Phi) is 5.01. The lowest BCUT2D eigenvalue weighted by Gasteiger charge is -2.02. The lowest BCUT2D eigenvalue weighted by molar-refractivity contribution is -0.119. The summed E-state index contributed by atoms with van der Waals surface area (Å²) in [7, 11) is 0. The van der Waals surface area contributed by atoms with Gasteiger partial charge in [-0.25, -0.2) is 0 Å². The molecular weight excluding hydrogens is 252 g/mol. The molecule has 15 heavy (non-hydrogen) atoms. The predicted octanol–water partition coefficient (Wildman–Crippen LogP) is 1.74. The first-order valence-electron chi connectivity index (χ1n) is 4.37. The minimum atomic E-state index is -0.134. The molecule has 1 amide bonds. The molecular formula is C9H11ClN2OS2. The Morgan fingerprint density at radius 3 is 2.87 bits per heavy atom. The molecule has 82 valence electrons. The van der Waals surface area contributed by atoms with Crippen LogP contribution in [0.1, 0.15) is 11.3 Å². The van der Waals surface area contributed by atoms with Gasteiger partial charge in [0.2, 0.25) is 5.91 Å². The predicted molar refractivity (Wildman–Crippen MR) is 67.4 cm³/mol. The van der Waals surface area contributed by atoms with Crippen LogP contribution in [0.5, 0.6) is 0 Å². The van der Waals surface area contributed by atoms with E-state index >= 15 is 0 Å². The molecule has 1 rings (SSSR count). The maximum absolute atomic E-state index is 11.1. The maximum Gasteiger partial charge on any atom is 0.226 e. The van der Waals surface area contributed by atoms with Gasteiger partial charge in [0.25, 0.3) is 0 Å². The van der Waals surface area contributed by atoms with Crippen LogP contribution in [0.4, 0.5) is 0 Å². The normalized spacial score (nSPS) is 9.93. The minimum Gasteiger partial charge on any atom is -0.393 e. The first kappa shape index (κ1) is 12.4. The first-order valence-corrected chi connectivity index (χ1v) is 5.97. The molecule has 3 N–H and O–H groups in total. The summed E-state index contributed by atoms with van der Waals surface area (Å²) in [6, 6.07) is 3.80. The average molecular weight is 263 g/mol. The quantitative estimate of drug-likeness (QED) is 0.795. The van der Waals surface area contributed by atoms with Crippen molar-refractivity contribution < 1.29 is 4.79 Å². The van der Waals surface area contributed by atoms with E-state index in [4.69, 9.17) is 17.3 Å². The summed E-state index contributed by atoms with van der Waals surface area (Å²) in [4.78, 5) is 12.5. The van der Waals surface area contributed by atoms with E-state index in [1.807, 2.05) is 12.1 Å². The van der Waals surface area contributed by atoms with Crippen molar-refractivity contribution in [1.29, 1.82) is 0 Å². The highest BCUT2D eigenvalue weighted by Crippen LogP contribution is 2.21. The molecule has 0 atom stereocenters. The number of carbonyl (C=O) groups excluding carboxylic acids is 1. The van der Waals surface area contributed by atoms with Gasteiger partial charge >= 0.3 is 0 Å². The molecule has 0 saturated carbocycles. The molecule has 6 heteroatoms. The van der Waals surface area contributed by atoms with E-state index in [0.29, 0.717) is 6.54 Å². The molecule has 0 aliphatic carbocycles. The molecule has 3 nitrogen and oxygen atoms in total. The molecule has 0 aromatic carbocycles. The van der Waals surface area contributed by atoms with Crippen LogP contribution in [0.2, 0.25) is 4.34 Å². The van der Waals surface area contributed by atoms with Gasteiger partial charge in [0.1, 0.15) is 0 Å². The molecule has 0 aliphatic rings. The van der Waals surface area contributed by atoms with E-state index in [1.54, 1.807) is 0 Å². The van der Waals surface area contributed by atoms with Crippen molar-refractivity contribution in [3.63, 3.8) is 0 Å². The topological polar surface area (TPSA) is 55.1 Å². The monoisotopic (exact) mass is 262 g/mol. The van der Waals surface area contributed by atoms with Crippen LogP contribution in [0, 0.1) is 0 Å². The average Bonchev–Trinajstić information content (AvgIpc) is 2.50. The van der Waals surface area contributed by atoms with E-state index in [9.17, 15) is 4.79 Å². The van der Waals surface area contributed by atoms with E-state index in [1.165, 1.54) is 11.3 Å². The fourth-order valence-electron chi connectivity index (χ4n) is 1.03. The van der Waals surface area contributed by atoms with Crippen LogP contribution in [0.25, 0.3) is 0 Å². The molecule has 1 aromatic heterocycles. The van der Waals surface area contributed by atoms with Crippen LogP contribution in [-0.2, 0) is 11.2 Å². The Balaban J connectivity index is 2.22. The number of rotatable bonds is 5. The summed E-state index contributed by atoms with van der Waals surface area (Å²) in [5.74, 6) is -0.134. The number of thiophene rings is 1. The Morgan fingerprint density at radius 1 is 1.60 bits per heavy atom. The SMILES string of the molecule is NC(=S)CC(=O)NCCc1ccc(Cl)s1. The molecule has 0 fully saturated rings. The van der Waals surface area contributed by atoms with Crippen molar-refractivity contribution in [1.82, 2.24) is 5.32 Å². The van der Waals surface area contributed by atoms with Crippen molar-refractivity contribution in [2.45, 2.75) is 12.8 Å². The standard InChI is InChI=1S/C9H11ClN2OS2/c10-7-2-1-6(15-7)3-4-12-9(13)5-8(11)14/h1-2H,3-5H2,(H2,11,14)(H,12,13). The summed E-state index contributed by atoms with van der Waals surface area (Å²) in [5, 5.41) is 2.73. The second-order valence-electron chi connectivity index (χ2n) is 2.95. The number of halogens is 1. The minimum absolute atomic E-state index is 0.112.